The van der Waals surface area contributed by atoms with Crippen LogP contribution >= 0.6 is 11.3 Å². The van der Waals surface area contributed by atoms with Crippen LogP contribution in [0, 0.1) is 6.92 Å². The van der Waals surface area contributed by atoms with Gasteiger partial charge < -0.3 is 10.4 Å². The third kappa shape index (κ3) is 3.57. The number of aliphatic carboxylic acids is 1. The van der Waals surface area contributed by atoms with E-state index in [0.717, 1.165) is 17.7 Å². The molecule has 1 heterocycles. The summed E-state index contributed by atoms with van der Waals surface area (Å²) in [7, 11) is 0. The summed E-state index contributed by atoms with van der Waals surface area (Å²) in [4.78, 5) is 24.5. The second-order valence-electron chi connectivity index (χ2n) is 4.21. The first-order chi connectivity index (χ1) is 8.49. The first-order valence-electron chi connectivity index (χ1n) is 6.12. The van der Waals surface area contributed by atoms with Crippen LogP contribution in [0.1, 0.15) is 46.8 Å². The van der Waals surface area contributed by atoms with Gasteiger partial charge in [-0.05, 0) is 31.4 Å². The molecular formula is C13H19NO3S. The number of amides is 1. The summed E-state index contributed by atoms with van der Waals surface area (Å²) in [6.45, 7) is 5.82. The van der Waals surface area contributed by atoms with Crippen LogP contribution in [0.5, 0.6) is 0 Å². The van der Waals surface area contributed by atoms with Gasteiger partial charge in [-0.1, -0.05) is 20.3 Å². The molecule has 0 aliphatic carbocycles. The molecule has 1 atom stereocenters. The van der Waals surface area contributed by atoms with Crippen molar-refractivity contribution in [2.75, 3.05) is 0 Å². The molecule has 1 rings (SSSR count). The lowest BCUT2D eigenvalue weighted by atomic mass is 10.1. The summed E-state index contributed by atoms with van der Waals surface area (Å²) in [6.07, 6.45) is 2.37. The lowest BCUT2D eigenvalue weighted by molar-refractivity contribution is -0.139. The van der Waals surface area contributed by atoms with Crippen LogP contribution in [0.15, 0.2) is 6.07 Å². The number of hydrogen-bond acceptors (Lipinski definition) is 3. The normalized spacial score (nSPS) is 12.2. The molecule has 1 aromatic heterocycles. The van der Waals surface area contributed by atoms with E-state index in [1.807, 2.05) is 13.0 Å². The van der Waals surface area contributed by atoms with E-state index in [1.165, 1.54) is 16.9 Å². The van der Waals surface area contributed by atoms with Crippen molar-refractivity contribution in [3.05, 3.63) is 21.4 Å². The average Bonchev–Trinajstić information content (AvgIpc) is 2.68. The molecule has 1 amide bonds. The predicted octanol–water partition coefficient (Wildman–Crippen LogP) is 2.60. The summed E-state index contributed by atoms with van der Waals surface area (Å²) in [6, 6.07) is 1.06. The number of carboxylic acid groups (broad SMARTS) is 1. The molecule has 0 unspecified atom stereocenters. The van der Waals surface area contributed by atoms with Crippen molar-refractivity contribution in [2.45, 2.75) is 46.1 Å². The zero-order chi connectivity index (χ0) is 13.7. The molecule has 100 valence electrons. The Hall–Kier alpha value is -1.36. The minimum Gasteiger partial charge on any atom is -0.480 e. The molecule has 0 saturated heterocycles. The van der Waals surface area contributed by atoms with E-state index in [4.69, 9.17) is 5.11 Å². The van der Waals surface area contributed by atoms with Crippen LogP contribution in [0.4, 0.5) is 0 Å². The largest absolute Gasteiger partial charge is 0.480 e. The number of thiophene rings is 1. The van der Waals surface area contributed by atoms with E-state index < -0.39 is 12.0 Å². The average molecular weight is 269 g/mol. The Balaban J connectivity index is 2.78. The summed E-state index contributed by atoms with van der Waals surface area (Å²) < 4.78 is 0. The van der Waals surface area contributed by atoms with Crippen molar-refractivity contribution in [3.8, 4) is 0 Å². The van der Waals surface area contributed by atoms with Gasteiger partial charge >= 0.3 is 5.97 Å². The molecule has 0 radical (unpaired) electrons. The van der Waals surface area contributed by atoms with Crippen LogP contribution in [0.2, 0.25) is 0 Å². The van der Waals surface area contributed by atoms with E-state index >= 15 is 0 Å². The number of carboxylic acids is 1. The maximum Gasteiger partial charge on any atom is 0.326 e. The van der Waals surface area contributed by atoms with Gasteiger partial charge in [0.2, 0.25) is 0 Å². The number of hydrogen-bond donors (Lipinski definition) is 2. The molecule has 0 saturated carbocycles. The molecular weight excluding hydrogens is 250 g/mol. The molecule has 0 aliphatic rings. The number of rotatable bonds is 6. The Kier molecular flexibility index (Phi) is 5.34. The number of carbonyl (C=O) groups excluding carboxylic acids is 1. The zero-order valence-electron chi connectivity index (χ0n) is 10.9. The van der Waals surface area contributed by atoms with Gasteiger partial charge in [0.1, 0.15) is 6.04 Å². The third-order valence-electron chi connectivity index (χ3n) is 2.78. The van der Waals surface area contributed by atoms with Gasteiger partial charge in [0.15, 0.2) is 0 Å². The monoisotopic (exact) mass is 269 g/mol. The van der Waals surface area contributed by atoms with Gasteiger partial charge in [0.25, 0.3) is 5.91 Å². The standard InChI is InChI=1S/C13H19NO3S/c1-4-6-9-7-11(18-8(9)3)12(15)14-10(5-2)13(16)17/h7,10H,4-6H2,1-3H3,(H,14,15)(H,16,17)/t10-/m1/s1. The predicted molar refractivity (Wildman–Crippen MR) is 72.2 cm³/mol. The first kappa shape index (κ1) is 14.7. The number of carbonyl (C=O) groups is 2. The van der Waals surface area contributed by atoms with Crippen molar-refractivity contribution < 1.29 is 14.7 Å². The highest BCUT2D eigenvalue weighted by Crippen LogP contribution is 2.22. The SMILES string of the molecule is CCCc1cc(C(=O)N[C@H](CC)C(=O)O)sc1C. The zero-order valence-corrected chi connectivity index (χ0v) is 11.8. The maximum atomic E-state index is 11.9. The minimum absolute atomic E-state index is 0.292. The summed E-state index contributed by atoms with van der Waals surface area (Å²) >= 11 is 1.42. The van der Waals surface area contributed by atoms with Crippen molar-refractivity contribution in [2.24, 2.45) is 0 Å². The van der Waals surface area contributed by atoms with E-state index in [1.54, 1.807) is 6.92 Å². The smallest absolute Gasteiger partial charge is 0.326 e. The molecule has 0 spiro atoms. The van der Waals surface area contributed by atoms with Gasteiger partial charge in [-0.3, -0.25) is 4.79 Å². The van der Waals surface area contributed by atoms with Gasteiger partial charge in [0, 0.05) is 4.88 Å². The van der Waals surface area contributed by atoms with Gasteiger partial charge in [0.05, 0.1) is 4.88 Å². The molecule has 0 fully saturated rings. The maximum absolute atomic E-state index is 11.9. The fourth-order valence-corrected chi connectivity index (χ4v) is 2.69. The van der Waals surface area contributed by atoms with Crippen molar-refractivity contribution in [1.29, 1.82) is 0 Å². The quantitative estimate of drug-likeness (QED) is 0.834. The second-order valence-corrected chi connectivity index (χ2v) is 5.47. The van der Waals surface area contributed by atoms with Gasteiger partial charge in [-0.2, -0.15) is 0 Å². The van der Waals surface area contributed by atoms with E-state index in [9.17, 15) is 9.59 Å². The lowest BCUT2D eigenvalue weighted by Crippen LogP contribution is -2.39. The van der Waals surface area contributed by atoms with Crippen LogP contribution < -0.4 is 5.32 Å². The Morgan fingerprint density at radius 2 is 2.11 bits per heavy atom. The van der Waals surface area contributed by atoms with Gasteiger partial charge in [-0.25, -0.2) is 4.79 Å². The van der Waals surface area contributed by atoms with E-state index in [-0.39, 0.29) is 5.91 Å². The molecule has 2 N–H and O–H groups in total. The van der Waals surface area contributed by atoms with Gasteiger partial charge in [-0.15, -0.1) is 11.3 Å². The highest BCUT2D eigenvalue weighted by molar-refractivity contribution is 7.14. The summed E-state index contributed by atoms with van der Waals surface area (Å²) in [5, 5.41) is 11.4. The Morgan fingerprint density at radius 3 is 2.61 bits per heavy atom. The molecule has 0 aliphatic heterocycles. The number of aryl methyl sites for hydroxylation is 2. The Morgan fingerprint density at radius 1 is 1.44 bits per heavy atom. The highest BCUT2D eigenvalue weighted by atomic mass is 32.1. The fourth-order valence-electron chi connectivity index (χ4n) is 1.72. The molecule has 5 heteroatoms. The highest BCUT2D eigenvalue weighted by Gasteiger charge is 2.20. The lowest BCUT2D eigenvalue weighted by Gasteiger charge is -2.10. The molecule has 0 aromatic carbocycles. The van der Waals surface area contributed by atoms with Crippen LogP contribution in [-0.4, -0.2) is 23.0 Å². The van der Waals surface area contributed by atoms with Crippen LogP contribution in [0.3, 0.4) is 0 Å². The summed E-state index contributed by atoms with van der Waals surface area (Å²) in [5.41, 5.74) is 1.18. The third-order valence-corrected chi connectivity index (χ3v) is 3.87. The van der Waals surface area contributed by atoms with Crippen LogP contribution in [0.25, 0.3) is 0 Å². The number of nitrogens with one attached hydrogen (secondary N) is 1. The second kappa shape index (κ2) is 6.54. The fraction of sp³-hybridized carbons (Fsp3) is 0.538. The molecule has 4 nitrogen and oxygen atoms in total. The van der Waals surface area contributed by atoms with Crippen LogP contribution in [-0.2, 0) is 11.2 Å². The van der Waals surface area contributed by atoms with E-state index in [2.05, 4.69) is 12.2 Å². The topological polar surface area (TPSA) is 66.4 Å². The summed E-state index contributed by atoms with van der Waals surface area (Å²) in [5.74, 6) is -1.28. The van der Waals surface area contributed by atoms with Crippen molar-refractivity contribution in [3.63, 3.8) is 0 Å². The van der Waals surface area contributed by atoms with Crippen molar-refractivity contribution in [1.82, 2.24) is 5.32 Å². The molecule has 0 bridgehead atoms. The minimum atomic E-state index is -0.993. The molecule has 18 heavy (non-hydrogen) atoms. The Bertz CT molecular complexity index is 439. The van der Waals surface area contributed by atoms with E-state index in [0.29, 0.717) is 11.3 Å². The first-order valence-corrected chi connectivity index (χ1v) is 6.94. The van der Waals surface area contributed by atoms with Crippen molar-refractivity contribution >= 4 is 23.2 Å². The molecule has 1 aromatic rings. The Labute approximate surface area is 111 Å².